The molecule has 240 valence electrons. The third kappa shape index (κ3) is 5.10. The van der Waals surface area contributed by atoms with E-state index in [-0.39, 0.29) is 0 Å². The minimum Gasteiger partial charge on any atom is -0.455 e. The van der Waals surface area contributed by atoms with Crippen LogP contribution in [0.25, 0.3) is 75.5 Å². The highest BCUT2D eigenvalue weighted by Crippen LogP contribution is 2.47. The average molecular weight is 670 g/mol. The number of thiophene rings is 1. The van der Waals surface area contributed by atoms with Gasteiger partial charge in [-0.15, -0.1) is 11.3 Å². The summed E-state index contributed by atoms with van der Waals surface area (Å²) in [5, 5.41) is 4.79. The zero-order chi connectivity index (χ0) is 33.7. The van der Waals surface area contributed by atoms with Crippen molar-refractivity contribution in [3.8, 4) is 33.4 Å². The number of furan rings is 1. The van der Waals surface area contributed by atoms with Crippen LogP contribution in [0.4, 0.5) is 17.1 Å². The maximum atomic E-state index is 6.70. The molecule has 0 aliphatic rings. The van der Waals surface area contributed by atoms with E-state index in [1.54, 1.807) is 0 Å². The van der Waals surface area contributed by atoms with Gasteiger partial charge in [-0.05, 0) is 76.3 Å². The molecule has 0 radical (unpaired) electrons. The first-order valence-corrected chi connectivity index (χ1v) is 18.1. The SMILES string of the molecule is c1ccc(-c2ccc(-c3ccc(N(c4ccc5c(c4)sc4ccccc45)c4ccc(-c5ccccc5)c5oc6ccccc6c45)cc3)cc2)cc1. The van der Waals surface area contributed by atoms with Crippen molar-refractivity contribution < 1.29 is 4.42 Å². The van der Waals surface area contributed by atoms with E-state index >= 15 is 0 Å². The van der Waals surface area contributed by atoms with Crippen molar-refractivity contribution in [2.75, 3.05) is 4.90 Å². The molecule has 8 aromatic carbocycles. The van der Waals surface area contributed by atoms with E-state index in [0.717, 1.165) is 50.1 Å². The quantitative estimate of drug-likeness (QED) is 0.175. The second-order valence-corrected chi connectivity index (χ2v) is 14.0. The number of hydrogen-bond acceptors (Lipinski definition) is 3. The van der Waals surface area contributed by atoms with E-state index in [0.29, 0.717) is 0 Å². The average Bonchev–Trinajstić information content (AvgIpc) is 3.78. The van der Waals surface area contributed by atoms with Crippen molar-refractivity contribution >= 4 is 70.5 Å². The molecule has 0 saturated heterocycles. The van der Waals surface area contributed by atoms with Crippen LogP contribution in [0.3, 0.4) is 0 Å². The summed E-state index contributed by atoms with van der Waals surface area (Å²) in [5.41, 5.74) is 12.1. The van der Waals surface area contributed by atoms with Crippen molar-refractivity contribution in [3.05, 3.63) is 188 Å². The molecular formula is C48H31NOS. The molecular weight excluding hydrogens is 639 g/mol. The van der Waals surface area contributed by atoms with Crippen LogP contribution in [0.5, 0.6) is 0 Å². The molecule has 0 N–H and O–H groups in total. The molecule has 2 heterocycles. The van der Waals surface area contributed by atoms with Gasteiger partial charge in [0.05, 0.1) is 11.1 Å². The van der Waals surface area contributed by atoms with Gasteiger partial charge in [0.15, 0.2) is 0 Å². The summed E-state index contributed by atoms with van der Waals surface area (Å²) in [7, 11) is 0. The second-order valence-electron chi connectivity index (χ2n) is 12.9. The van der Waals surface area contributed by atoms with E-state index in [9.17, 15) is 0 Å². The standard InChI is InChI=1S/C48H31NOS/c1-3-11-32(12-4-1)33-19-21-34(22-20-33)35-23-25-37(26-24-35)49(38-27-28-41-40-15-8-10-18-45(40)51-46(41)31-38)43-30-29-39(36-13-5-2-6-14-36)48-47(43)42-16-7-9-17-44(42)50-48/h1-31H. The van der Waals surface area contributed by atoms with Gasteiger partial charge in [-0.3, -0.25) is 0 Å². The van der Waals surface area contributed by atoms with Gasteiger partial charge in [0.2, 0.25) is 0 Å². The molecule has 0 spiro atoms. The van der Waals surface area contributed by atoms with Gasteiger partial charge in [-0.2, -0.15) is 0 Å². The number of nitrogens with zero attached hydrogens (tertiary/aromatic N) is 1. The molecule has 0 amide bonds. The summed E-state index contributed by atoms with van der Waals surface area (Å²) in [4.78, 5) is 2.39. The normalized spacial score (nSPS) is 11.5. The molecule has 0 unspecified atom stereocenters. The highest BCUT2D eigenvalue weighted by molar-refractivity contribution is 7.25. The lowest BCUT2D eigenvalue weighted by molar-refractivity contribution is 0.670. The summed E-state index contributed by atoms with van der Waals surface area (Å²) in [6.45, 7) is 0. The number of anilines is 3. The van der Waals surface area contributed by atoms with Gasteiger partial charge in [-0.1, -0.05) is 140 Å². The van der Waals surface area contributed by atoms with E-state index in [1.165, 1.54) is 42.4 Å². The number of para-hydroxylation sites is 1. The maximum Gasteiger partial charge on any atom is 0.145 e. The number of fused-ring (bicyclic) bond motifs is 6. The predicted octanol–water partition coefficient (Wildman–Crippen LogP) is 14.4. The van der Waals surface area contributed by atoms with Crippen LogP contribution in [0.15, 0.2) is 192 Å². The lowest BCUT2D eigenvalue weighted by Gasteiger charge is -2.27. The Balaban J connectivity index is 1.15. The Morgan fingerprint density at radius 1 is 0.392 bits per heavy atom. The lowest BCUT2D eigenvalue weighted by Crippen LogP contribution is -2.10. The van der Waals surface area contributed by atoms with Gasteiger partial charge in [0.25, 0.3) is 0 Å². The van der Waals surface area contributed by atoms with Gasteiger partial charge >= 0.3 is 0 Å². The summed E-state index contributed by atoms with van der Waals surface area (Å²) >= 11 is 1.85. The molecule has 2 aromatic heterocycles. The maximum absolute atomic E-state index is 6.70. The highest BCUT2D eigenvalue weighted by Gasteiger charge is 2.22. The Bertz CT molecular complexity index is 2830. The molecule has 0 aliphatic heterocycles. The van der Waals surface area contributed by atoms with E-state index in [4.69, 9.17) is 4.42 Å². The topological polar surface area (TPSA) is 16.4 Å². The first-order valence-electron chi connectivity index (χ1n) is 17.3. The Morgan fingerprint density at radius 2 is 0.941 bits per heavy atom. The van der Waals surface area contributed by atoms with Gasteiger partial charge < -0.3 is 9.32 Å². The molecule has 10 rings (SSSR count). The summed E-state index contributed by atoms with van der Waals surface area (Å²) in [6, 6.07) is 67.3. The number of benzene rings is 8. The van der Waals surface area contributed by atoms with Crippen LogP contribution in [-0.4, -0.2) is 0 Å². The molecule has 3 heteroatoms. The summed E-state index contributed by atoms with van der Waals surface area (Å²) in [5.74, 6) is 0. The molecule has 0 saturated carbocycles. The van der Waals surface area contributed by atoms with Crippen molar-refractivity contribution in [2.45, 2.75) is 0 Å². The largest absolute Gasteiger partial charge is 0.455 e. The van der Waals surface area contributed by atoms with E-state index in [2.05, 4.69) is 187 Å². The highest BCUT2D eigenvalue weighted by atomic mass is 32.1. The first-order chi connectivity index (χ1) is 25.3. The smallest absolute Gasteiger partial charge is 0.145 e. The fourth-order valence-corrected chi connectivity index (χ4v) is 8.55. The first kappa shape index (κ1) is 29.5. The Labute approximate surface area is 300 Å². The predicted molar refractivity (Wildman–Crippen MR) is 218 cm³/mol. The molecule has 0 fully saturated rings. The van der Waals surface area contributed by atoms with Crippen LogP contribution in [0, 0.1) is 0 Å². The summed E-state index contributed by atoms with van der Waals surface area (Å²) < 4.78 is 9.27. The van der Waals surface area contributed by atoms with E-state index in [1.807, 2.05) is 17.4 Å². The lowest BCUT2D eigenvalue weighted by atomic mass is 9.99. The van der Waals surface area contributed by atoms with Crippen LogP contribution in [-0.2, 0) is 0 Å². The zero-order valence-electron chi connectivity index (χ0n) is 27.7. The molecule has 0 aliphatic carbocycles. The number of rotatable bonds is 6. The fraction of sp³-hybridized carbons (Fsp3) is 0. The van der Waals surface area contributed by atoms with Gasteiger partial charge in [0.1, 0.15) is 11.2 Å². The molecule has 0 bridgehead atoms. The molecule has 2 nitrogen and oxygen atoms in total. The Morgan fingerprint density at radius 3 is 1.67 bits per heavy atom. The van der Waals surface area contributed by atoms with Crippen LogP contribution >= 0.6 is 11.3 Å². The van der Waals surface area contributed by atoms with Gasteiger partial charge in [0, 0.05) is 42.5 Å². The summed E-state index contributed by atoms with van der Waals surface area (Å²) in [6.07, 6.45) is 0. The second kappa shape index (κ2) is 12.2. The molecule has 10 aromatic rings. The van der Waals surface area contributed by atoms with Gasteiger partial charge in [-0.25, -0.2) is 0 Å². The fourth-order valence-electron chi connectivity index (χ4n) is 7.41. The molecule has 0 atom stereocenters. The minimum absolute atomic E-state index is 0.881. The van der Waals surface area contributed by atoms with Crippen molar-refractivity contribution in [2.24, 2.45) is 0 Å². The molecule has 51 heavy (non-hydrogen) atoms. The van der Waals surface area contributed by atoms with Crippen molar-refractivity contribution in [1.82, 2.24) is 0 Å². The van der Waals surface area contributed by atoms with E-state index < -0.39 is 0 Å². The zero-order valence-corrected chi connectivity index (χ0v) is 28.5. The third-order valence-electron chi connectivity index (χ3n) is 9.90. The Kier molecular flexibility index (Phi) is 7.04. The third-order valence-corrected chi connectivity index (χ3v) is 11.0. The van der Waals surface area contributed by atoms with Crippen LogP contribution in [0.1, 0.15) is 0 Å². The number of hydrogen-bond donors (Lipinski definition) is 0. The van der Waals surface area contributed by atoms with Crippen molar-refractivity contribution in [1.29, 1.82) is 0 Å². The minimum atomic E-state index is 0.881. The van der Waals surface area contributed by atoms with Crippen LogP contribution < -0.4 is 4.90 Å². The van der Waals surface area contributed by atoms with Crippen LogP contribution in [0.2, 0.25) is 0 Å². The Hall–Kier alpha value is -6.42. The monoisotopic (exact) mass is 669 g/mol. The van der Waals surface area contributed by atoms with Crippen molar-refractivity contribution in [3.63, 3.8) is 0 Å².